The zero-order chi connectivity index (χ0) is 19.4. The number of hydrogen-bond donors (Lipinski definition) is 0. The Morgan fingerprint density at radius 1 is 1.30 bits per heavy atom. The number of nitrogens with zero attached hydrogens (tertiary/aromatic N) is 2. The SMILES string of the molecule is C/C=S1\CCC(C)(C)c2cc(C#Cc3ncc(C(=O)OCC)cn3)ccc21. The number of carbonyl (C=O) groups is 1. The first-order valence-corrected chi connectivity index (χ1v) is 10.5. The van der Waals surface area contributed by atoms with Crippen molar-refractivity contribution in [2.24, 2.45) is 0 Å². The second-order valence-electron chi connectivity index (χ2n) is 6.98. The van der Waals surface area contributed by atoms with Gasteiger partial charge in [-0.15, -0.1) is 0 Å². The molecule has 0 radical (unpaired) electrons. The first kappa shape index (κ1) is 19.3. The molecule has 140 valence electrons. The third-order valence-electron chi connectivity index (χ3n) is 4.70. The Labute approximate surface area is 163 Å². The van der Waals surface area contributed by atoms with Gasteiger partial charge in [0.05, 0.1) is 12.2 Å². The van der Waals surface area contributed by atoms with Gasteiger partial charge in [0.25, 0.3) is 0 Å². The maximum Gasteiger partial charge on any atom is 0.341 e. The third-order valence-corrected chi connectivity index (χ3v) is 6.84. The molecule has 0 bridgehead atoms. The van der Waals surface area contributed by atoms with Gasteiger partial charge in [-0.25, -0.2) is 14.8 Å². The lowest BCUT2D eigenvalue weighted by Gasteiger charge is -2.34. The summed E-state index contributed by atoms with van der Waals surface area (Å²) in [5.41, 5.74) is 2.85. The van der Waals surface area contributed by atoms with Crippen LogP contribution in [-0.2, 0) is 10.2 Å². The minimum atomic E-state index is -0.419. The molecule has 3 rings (SSSR count). The van der Waals surface area contributed by atoms with Gasteiger partial charge in [0.15, 0.2) is 0 Å². The normalized spacial score (nSPS) is 17.6. The molecule has 0 spiro atoms. The Kier molecular flexibility index (Phi) is 5.76. The number of rotatable bonds is 2. The van der Waals surface area contributed by atoms with Gasteiger partial charge in [0, 0.05) is 22.9 Å². The zero-order valence-electron chi connectivity index (χ0n) is 16.2. The molecular weight excluding hydrogens is 356 g/mol. The van der Waals surface area contributed by atoms with E-state index in [0.717, 1.165) is 5.56 Å². The highest BCUT2D eigenvalue weighted by Gasteiger charge is 2.29. The number of benzene rings is 1. The van der Waals surface area contributed by atoms with Crippen molar-refractivity contribution in [3.8, 4) is 11.8 Å². The minimum absolute atomic E-state index is 0.164. The van der Waals surface area contributed by atoms with Crippen molar-refractivity contribution in [3.63, 3.8) is 0 Å². The average Bonchev–Trinajstić information content (AvgIpc) is 2.67. The van der Waals surface area contributed by atoms with Crippen LogP contribution < -0.4 is 0 Å². The number of fused-ring (bicyclic) bond motifs is 1. The van der Waals surface area contributed by atoms with Crippen LogP contribution in [0.5, 0.6) is 0 Å². The highest BCUT2D eigenvalue weighted by atomic mass is 32.2. The molecule has 0 amide bonds. The predicted molar refractivity (Wildman–Crippen MR) is 111 cm³/mol. The van der Waals surface area contributed by atoms with E-state index in [2.05, 4.69) is 66.1 Å². The summed E-state index contributed by atoms with van der Waals surface area (Å²) in [6.07, 6.45) is 4.09. The Morgan fingerprint density at radius 2 is 2.04 bits per heavy atom. The summed E-state index contributed by atoms with van der Waals surface area (Å²) >= 11 is 0. The van der Waals surface area contributed by atoms with Crippen molar-refractivity contribution < 1.29 is 9.53 Å². The van der Waals surface area contributed by atoms with Crippen LogP contribution in [0.4, 0.5) is 0 Å². The van der Waals surface area contributed by atoms with Crippen molar-refractivity contribution in [1.29, 1.82) is 0 Å². The van der Waals surface area contributed by atoms with Gasteiger partial charge in [-0.2, -0.15) is 10.5 Å². The summed E-state index contributed by atoms with van der Waals surface area (Å²) in [6, 6.07) is 6.50. The second kappa shape index (κ2) is 8.06. The predicted octanol–water partition coefficient (Wildman–Crippen LogP) is 4.18. The summed E-state index contributed by atoms with van der Waals surface area (Å²) in [6.45, 7) is 8.84. The first-order valence-electron chi connectivity index (χ1n) is 9.09. The van der Waals surface area contributed by atoms with Crippen molar-refractivity contribution in [2.45, 2.75) is 44.4 Å². The monoisotopic (exact) mass is 380 g/mol. The standard InChI is InChI=1S/C22H24N2O2S/c1-5-26-21(25)17-14-23-20(24-15-17)10-8-16-7-9-19-18(13-16)22(3,4)11-12-27(19)6-2/h6-7,9,13-15H,5,11-12H2,1-4H3. The van der Waals surface area contributed by atoms with Crippen LogP contribution in [0, 0.1) is 11.8 Å². The van der Waals surface area contributed by atoms with E-state index in [1.54, 1.807) is 6.92 Å². The molecule has 0 aliphatic carbocycles. The zero-order valence-corrected chi connectivity index (χ0v) is 17.0. The van der Waals surface area contributed by atoms with Gasteiger partial charge in [-0.1, -0.05) is 25.1 Å². The van der Waals surface area contributed by atoms with Gasteiger partial charge in [-0.3, -0.25) is 0 Å². The van der Waals surface area contributed by atoms with E-state index in [9.17, 15) is 4.79 Å². The Bertz CT molecular complexity index is 951. The molecule has 5 heteroatoms. The van der Waals surface area contributed by atoms with Crippen LogP contribution in [0.15, 0.2) is 35.5 Å². The first-order chi connectivity index (χ1) is 12.9. The van der Waals surface area contributed by atoms with E-state index in [4.69, 9.17) is 4.74 Å². The summed E-state index contributed by atoms with van der Waals surface area (Å²) in [5.74, 6) is 7.34. The second-order valence-corrected chi connectivity index (χ2v) is 9.16. The number of aromatic nitrogens is 2. The molecule has 1 aliphatic rings. The van der Waals surface area contributed by atoms with Gasteiger partial charge >= 0.3 is 5.97 Å². The summed E-state index contributed by atoms with van der Waals surface area (Å²) in [4.78, 5) is 21.4. The topological polar surface area (TPSA) is 52.1 Å². The van der Waals surface area contributed by atoms with Crippen LogP contribution in [0.2, 0.25) is 0 Å². The number of hydrogen-bond acceptors (Lipinski definition) is 4. The van der Waals surface area contributed by atoms with Crippen LogP contribution in [0.25, 0.3) is 0 Å². The van der Waals surface area contributed by atoms with E-state index in [-0.39, 0.29) is 15.9 Å². The lowest BCUT2D eigenvalue weighted by molar-refractivity contribution is 0.0525. The quantitative estimate of drug-likeness (QED) is 0.445. The Morgan fingerprint density at radius 3 is 2.70 bits per heavy atom. The van der Waals surface area contributed by atoms with E-state index in [0.29, 0.717) is 18.0 Å². The van der Waals surface area contributed by atoms with Gasteiger partial charge in [0.1, 0.15) is 0 Å². The molecule has 0 saturated heterocycles. The van der Waals surface area contributed by atoms with Crippen molar-refractivity contribution >= 4 is 21.8 Å². The van der Waals surface area contributed by atoms with Crippen molar-refractivity contribution in [2.75, 3.05) is 12.4 Å². The molecule has 2 heterocycles. The molecule has 1 aromatic carbocycles. The lowest BCUT2D eigenvalue weighted by atomic mass is 9.81. The van der Waals surface area contributed by atoms with Crippen LogP contribution >= 0.6 is 10.5 Å². The van der Waals surface area contributed by atoms with Crippen LogP contribution in [-0.4, -0.2) is 33.7 Å². The van der Waals surface area contributed by atoms with Crippen LogP contribution in [0.1, 0.15) is 61.4 Å². The number of carbonyl (C=O) groups excluding carboxylic acids is 1. The Hall–Kier alpha value is -2.45. The van der Waals surface area contributed by atoms with E-state index >= 15 is 0 Å². The molecule has 0 fully saturated rings. The summed E-state index contributed by atoms with van der Waals surface area (Å²) in [5, 5.41) is 2.32. The fourth-order valence-electron chi connectivity index (χ4n) is 3.06. The molecule has 2 aromatic rings. The molecule has 1 aliphatic heterocycles. The minimum Gasteiger partial charge on any atom is -0.462 e. The maximum atomic E-state index is 11.6. The summed E-state index contributed by atoms with van der Waals surface area (Å²) < 4.78 is 4.93. The number of ether oxygens (including phenoxy) is 1. The smallest absolute Gasteiger partial charge is 0.341 e. The molecule has 0 saturated carbocycles. The Balaban J connectivity index is 1.87. The largest absolute Gasteiger partial charge is 0.462 e. The fourth-order valence-corrected chi connectivity index (χ4v) is 5.36. The van der Waals surface area contributed by atoms with Crippen LogP contribution in [0.3, 0.4) is 0 Å². The van der Waals surface area contributed by atoms with Gasteiger partial charge < -0.3 is 4.74 Å². The van der Waals surface area contributed by atoms with E-state index in [1.807, 2.05) is 0 Å². The molecule has 0 N–H and O–H groups in total. The molecule has 4 nitrogen and oxygen atoms in total. The van der Waals surface area contributed by atoms with E-state index in [1.165, 1.54) is 35.0 Å². The molecule has 1 atom stereocenters. The van der Waals surface area contributed by atoms with E-state index < -0.39 is 5.97 Å². The maximum absolute atomic E-state index is 11.6. The van der Waals surface area contributed by atoms with Gasteiger partial charge in [-0.05, 0) is 61.1 Å². The summed E-state index contributed by atoms with van der Waals surface area (Å²) in [7, 11) is 0.228. The number of esters is 1. The highest BCUT2D eigenvalue weighted by molar-refractivity contribution is 8.15. The van der Waals surface area contributed by atoms with Crippen molar-refractivity contribution in [3.05, 3.63) is 53.1 Å². The fraction of sp³-hybridized carbons (Fsp3) is 0.364. The lowest BCUT2D eigenvalue weighted by Crippen LogP contribution is -2.23. The molecule has 1 unspecified atom stereocenters. The molecular formula is C22H24N2O2S. The van der Waals surface area contributed by atoms with Gasteiger partial charge in [0.2, 0.25) is 5.82 Å². The van der Waals surface area contributed by atoms with Crippen molar-refractivity contribution in [1.82, 2.24) is 9.97 Å². The third kappa shape index (κ3) is 4.28. The highest BCUT2D eigenvalue weighted by Crippen LogP contribution is 2.45. The molecule has 1 aromatic heterocycles. The average molecular weight is 381 g/mol. The molecule has 27 heavy (non-hydrogen) atoms.